The molecule has 1 aromatic heterocycles. The molecule has 8 nitrogen and oxygen atoms in total. The highest BCUT2D eigenvalue weighted by atomic mass is 32.2. The average Bonchev–Trinajstić information content (AvgIpc) is 2.79. The first-order valence-corrected chi connectivity index (χ1v) is 8.78. The minimum absolute atomic E-state index is 0.0436. The number of aromatic nitrogens is 3. The van der Waals surface area contributed by atoms with E-state index in [1.165, 1.54) is 4.68 Å². The Balaban J connectivity index is 2.27. The molecular formula is C14H18N4O4S. The molecule has 0 aliphatic heterocycles. The molecule has 2 aromatic rings. The molecule has 0 saturated carbocycles. The van der Waals surface area contributed by atoms with Gasteiger partial charge in [0.2, 0.25) is 10.0 Å². The summed E-state index contributed by atoms with van der Waals surface area (Å²) in [6, 6.07) is 7.12. The molecular weight excluding hydrogens is 320 g/mol. The van der Waals surface area contributed by atoms with Crippen LogP contribution >= 0.6 is 0 Å². The second-order valence-corrected chi connectivity index (χ2v) is 7.05. The zero-order valence-electron chi connectivity index (χ0n) is 13.3. The van der Waals surface area contributed by atoms with Gasteiger partial charge in [0, 0.05) is 0 Å². The van der Waals surface area contributed by atoms with Crippen molar-refractivity contribution in [1.29, 1.82) is 0 Å². The summed E-state index contributed by atoms with van der Waals surface area (Å²) in [5, 5.41) is 7.65. The molecule has 0 unspecified atom stereocenters. The molecule has 0 aliphatic carbocycles. The van der Waals surface area contributed by atoms with Gasteiger partial charge in [-0.05, 0) is 45.0 Å². The maximum Gasteiger partial charge on any atom is 0.287 e. The number of benzene rings is 1. The Kier molecular flexibility index (Phi) is 4.69. The first-order valence-electron chi connectivity index (χ1n) is 6.89. The van der Waals surface area contributed by atoms with E-state index in [1.807, 2.05) is 18.6 Å². The summed E-state index contributed by atoms with van der Waals surface area (Å²) < 4.78 is 31.1. The van der Waals surface area contributed by atoms with Gasteiger partial charge in [-0.25, -0.2) is 17.8 Å². The lowest BCUT2D eigenvalue weighted by atomic mass is 10.2. The van der Waals surface area contributed by atoms with Gasteiger partial charge in [0.05, 0.1) is 23.7 Å². The smallest absolute Gasteiger partial charge is 0.287 e. The first-order chi connectivity index (χ1) is 10.7. The van der Waals surface area contributed by atoms with E-state index in [0.717, 1.165) is 12.0 Å². The number of carbonyl (C=O) groups is 1. The Bertz CT molecular complexity index is 810. The Morgan fingerprint density at radius 2 is 1.87 bits per heavy atom. The van der Waals surface area contributed by atoms with Crippen LogP contribution in [0.25, 0.3) is 5.69 Å². The van der Waals surface area contributed by atoms with Crippen LogP contribution in [0.3, 0.4) is 0 Å². The van der Waals surface area contributed by atoms with Crippen LogP contribution in [-0.4, -0.2) is 41.7 Å². The minimum atomic E-state index is -3.65. The van der Waals surface area contributed by atoms with Crippen molar-refractivity contribution in [3.63, 3.8) is 0 Å². The number of hydrogen-bond donors (Lipinski definition) is 1. The van der Waals surface area contributed by atoms with E-state index in [1.54, 1.807) is 31.2 Å². The van der Waals surface area contributed by atoms with E-state index >= 15 is 0 Å². The van der Waals surface area contributed by atoms with Crippen molar-refractivity contribution in [1.82, 2.24) is 19.7 Å². The van der Waals surface area contributed by atoms with Gasteiger partial charge in [-0.15, -0.1) is 5.10 Å². The van der Waals surface area contributed by atoms with Crippen molar-refractivity contribution < 1.29 is 17.9 Å². The summed E-state index contributed by atoms with van der Waals surface area (Å²) >= 11 is 0. The van der Waals surface area contributed by atoms with Crippen molar-refractivity contribution in [3.05, 3.63) is 35.7 Å². The molecule has 0 fully saturated rings. The van der Waals surface area contributed by atoms with Crippen molar-refractivity contribution in [2.45, 2.75) is 26.9 Å². The molecule has 23 heavy (non-hydrogen) atoms. The fourth-order valence-corrected chi connectivity index (χ4v) is 2.37. The number of nitrogens with one attached hydrogen (secondary N) is 1. The summed E-state index contributed by atoms with van der Waals surface area (Å²) in [6.07, 6.45) is 0.971. The van der Waals surface area contributed by atoms with Crippen molar-refractivity contribution in [3.8, 4) is 11.4 Å². The topological polar surface area (TPSA) is 103 Å². The number of nitrogens with zero attached hydrogens (tertiary/aromatic N) is 3. The van der Waals surface area contributed by atoms with Crippen LogP contribution in [-0.2, 0) is 10.0 Å². The van der Waals surface area contributed by atoms with Crippen LogP contribution in [0.2, 0.25) is 0 Å². The molecule has 0 bridgehead atoms. The molecule has 2 rings (SSSR count). The van der Waals surface area contributed by atoms with E-state index in [2.05, 4.69) is 10.3 Å². The predicted octanol–water partition coefficient (Wildman–Crippen LogP) is 1.05. The molecule has 1 heterocycles. The van der Waals surface area contributed by atoms with Crippen LogP contribution in [0, 0.1) is 6.92 Å². The SMILES string of the molecule is Cc1c(C(=O)NS(C)(=O)=O)nnn1-c1ccc(OC(C)C)cc1. The fourth-order valence-electron chi connectivity index (χ4n) is 1.94. The van der Waals surface area contributed by atoms with Gasteiger partial charge >= 0.3 is 0 Å². The van der Waals surface area contributed by atoms with E-state index in [-0.39, 0.29) is 11.8 Å². The molecule has 9 heteroatoms. The lowest BCUT2D eigenvalue weighted by molar-refractivity contribution is 0.0976. The van der Waals surface area contributed by atoms with Crippen molar-refractivity contribution in [2.24, 2.45) is 0 Å². The monoisotopic (exact) mass is 338 g/mol. The normalized spacial score (nSPS) is 11.5. The van der Waals surface area contributed by atoms with Gasteiger partial charge in [-0.3, -0.25) is 4.79 Å². The number of ether oxygens (including phenoxy) is 1. The molecule has 1 N–H and O–H groups in total. The van der Waals surface area contributed by atoms with E-state index in [4.69, 9.17) is 4.74 Å². The highest BCUT2D eigenvalue weighted by Gasteiger charge is 2.20. The zero-order chi connectivity index (χ0) is 17.2. The summed E-state index contributed by atoms with van der Waals surface area (Å²) in [5.74, 6) is -0.0902. The summed E-state index contributed by atoms with van der Waals surface area (Å²) in [4.78, 5) is 11.9. The van der Waals surface area contributed by atoms with Crippen molar-refractivity contribution in [2.75, 3.05) is 6.26 Å². The maximum atomic E-state index is 11.9. The summed E-state index contributed by atoms with van der Waals surface area (Å²) in [6.45, 7) is 5.50. The number of hydrogen-bond acceptors (Lipinski definition) is 6. The number of rotatable bonds is 5. The highest BCUT2D eigenvalue weighted by Crippen LogP contribution is 2.18. The van der Waals surface area contributed by atoms with Gasteiger partial charge < -0.3 is 4.74 Å². The Labute approximate surface area is 134 Å². The molecule has 0 saturated heterocycles. The molecule has 124 valence electrons. The second kappa shape index (κ2) is 6.37. The third kappa shape index (κ3) is 4.28. The summed E-state index contributed by atoms with van der Waals surface area (Å²) in [7, 11) is -3.65. The largest absolute Gasteiger partial charge is 0.491 e. The first kappa shape index (κ1) is 16.9. The zero-order valence-corrected chi connectivity index (χ0v) is 14.1. The van der Waals surface area contributed by atoms with Crippen LogP contribution < -0.4 is 9.46 Å². The lowest BCUT2D eigenvalue weighted by Crippen LogP contribution is -2.30. The van der Waals surface area contributed by atoms with Crippen LogP contribution in [0.5, 0.6) is 5.75 Å². The van der Waals surface area contributed by atoms with Crippen LogP contribution in [0.15, 0.2) is 24.3 Å². The number of amides is 1. The van der Waals surface area contributed by atoms with E-state index in [9.17, 15) is 13.2 Å². The van der Waals surface area contributed by atoms with Crippen LogP contribution in [0.1, 0.15) is 30.0 Å². The van der Waals surface area contributed by atoms with Gasteiger partial charge in [0.15, 0.2) is 5.69 Å². The van der Waals surface area contributed by atoms with Gasteiger partial charge in [0.1, 0.15) is 5.75 Å². The number of sulfonamides is 1. The van der Waals surface area contributed by atoms with Crippen molar-refractivity contribution >= 4 is 15.9 Å². The summed E-state index contributed by atoms with van der Waals surface area (Å²) in [5.41, 5.74) is 1.08. The third-order valence-corrected chi connectivity index (χ3v) is 3.40. The molecule has 0 aliphatic rings. The molecule has 0 atom stereocenters. The van der Waals surface area contributed by atoms with E-state index in [0.29, 0.717) is 11.4 Å². The Hall–Kier alpha value is -2.42. The van der Waals surface area contributed by atoms with Crippen LogP contribution in [0.4, 0.5) is 0 Å². The predicted molar refractivity (Wildman–Crippen MR) is 84.2 cm³/mol. The Morgan fingerprint density at radius 1 is 1.26 bits per heavy atom. The highest BCUT2D eigenvalue weighted by molar-refractivity contribution is 7.89. The van der Waals surface area contributed by atoms with Gasteiger partial charge in [-0.1, -0.05) is 5.21 Å². The van der Waals surface area contributed by atoms with E-state index < -0.39 is 15.9 Å². The minimum Gasteiger partial charge on any atom is -0.491 e. The average molecular weight is 338 g/mol. The molecule has 0 spiro atoms. The lowest BCUT2D eigenvalue weighted by Gasteiger charge is -2.10. The Morgan fingerprint density at radius 3 is 2.39 bits per heavy atom. The van der Waals surface area contributed by atoms with Gasteiger partial charge in [0.25, 0.3) is 5.91 Å². The third-order valence-electron chi connectivity index (χ3n) is 2.84. The fraction of sp³-hybridized carbons (Fsp3) is 0.357. The number of carbonyl (C=O) groups excluding carboxylic acids is 1. The molecule has 1 amide bonds. The standard InChI is InChI=1S/C14H18N4O4S/c1-9(2)22-12-7-5-11(6-8-12)18-10(3)13(15-17-18)14(19)16-23(4,20)21/h5-9H,1-4H3,(H,16,19). The van der Waals surface area contributed by atoms with Gasteiger partial charge in [-0.2, -0.15) is 0 Å². The molecule has 1 aromatic carbocycles. The quantitative estimate of drug-likeness (QED) is 0.874. The molecule has 0 radical (unpaired) electrons. The second-order valence-electron chi connectivity index (χ2n) is 5.30. The maximum absolute atomic E-state index is 11.9.